The minimum atomic E-state index is -4.31. The largest absolute Gasteiger partial charge is 0.369 e. The third kappa shape index (κ3) is 6.60. The minimum absolute atomic E-state index is 0.103. The van der Waals surface area contributed by atoms with Gasteiger partial charge in [-0.3, -0.25) is 4.57 Å². The quantitative estimate of drug-likeness (QED) is 0.0798. The van der Waals surface area contributed by atoms with Crippen molar-refractivity contribution < 1.29 is 23.8 Å². The van der Waals surface area contributed by atoms with Crippen molar-refractivity contribution in [3.8, 4) is 0 Å². The van der Waals surface area contributed by atoms with Gasteiger partial charge in [-0.25, -0.2) is 15.0 Å². The number of anilines is 1. The first-order valence-corrected chi connectivity index (χ1v) is 16.6. The van der Waals surface area contributed by atoms with Crippen molar-refractivity contribution in [3.63, 3.8) is 0 Å². The second-order valence-electron chi connectivity index (χ2n) is 11.1. The number of imidazole rings is 1. The molecule has 5 aromatic rings. The van der Waals surface area contributed by atoms with E-state index < -0.39 is 19.5 Å². The first-order chi connectivity index (χ1) is 21.4. The molecule has 2 heterocycles. The highest BCUT2D eigenvalue weighted by Crippen LogP contribution is 2.41. The Hall–Kier alpha value is -3.92. The summed E-state index contributed by atoms with van der Waals surface area (Å²) >= 11 is 0. The van der Waals surface area contributed by atoms with E-state index in [0.29, 0.717) is 29.4 Å². The Morgan fingerprint density at radius 2 is 1.48 bits per heavy atom. The average Bonchev–Trinajstić information content (AvgIpc) is 3.46. The molecule has 3 aromatic carbocycles. The number of rotatable bonds is 14. The molecule has 11 heteroatoms. The molecule has 0 saturated heterocycles. The Kier molecular flexibility index (Phi) is 9.16. The zero-order chi connectivity index (χ0) is 30.4. The Balaban J connectivity index is 1.39. The highest BCUT2D eigenvalue weighted by atomic mass is 31.2. The molecule has 44 heavy (non-hydrogen) atoms. The van der Waals surface area contributed by atoms with Gasteiger partial charge in [0.05, 0.1) is 19.0 Å². The monoisotopic (exact) mass is 613 g/mol. The molecule has 1 aliphatic rings. The van der Waals surface area contributed by atoms with Gasteiger partial charge in [-0.1, -0.05) is 91.0 Å². The van der Waals surface area contributed by atoms with E-state index in [1.165, 1.54) is 12.7 Å². The van der Waals surface area contributed by atoms with Crippen LogP contribution in [0.25, 0.3) is 11.2 Å². The lowest BCUT2D eigenvalue weighted by atomic mass is 9.80. The number of fused-ring (bicyclic) bond motifs is 1. The van der Waals surface area contributed by atoms with Gasteiger partial charge in [-0.2, -0.15) is 0 Å². The first kappa shape index (κ1) is 30.1. The summed E-state index contributed by atoms with van der Waals surface area (Å²) in [5.41, 5.74) is 3.28. The van der Waals surface area contributed by atoms with Crippen molar-refractivity contribution >= 4 is 24.6 Å². The molecule has 0 bridgehead atoms. The van der Waals surface area contributed by atoms with E-state index in [0.717, 1.165) is 29.5 Å². The number of hydrogen-bond donors (Lipinski definition) is 3. The Morgan fingerprint density at radius 3 is 2.00 bits per heavy atom. The molecule has 6 rings (SSSR count). The molecule has 0 spiro atoms. The van der Waals surface area contributed by atoms with Gasteiger partial charge in [-0.05, 0) is 42.4 Å². The van der Waals surface area contributed by atoms with Crippen molar-refractivity contribution in [1.29, 1.82) is 0 Å². The highest BCUT2D eigenvalue weighted by molar-refractivity contribution is 7.51. The van der Waals surface area contributed by atoms with Gasteiger partial charge in [0, 0.05) is 12.6 Å². The molecule has 1 atom stereocenters. The van der Waals surface area contributed by atoms with E-state index in [1.807, 2.05) is 59.2 Å². The van der Waals surface area contributed by atoms with Gasteiger partial charge in [0.25, 0.3) is 0 Å². The van der Waals surface area contributed by atoms with Crippen LogP contribution >= 0.6 is 7.60 Å². The second-order valence-corrected chi connectivity index (χ2v) is 12.6. The Morgan fingerprint density at radius 1 is 0.886 bits per heavy atom. The van der Waals surface area contributed by atoms with Crippen LogP contribution in [0.15, 0.2) is 104 Å². The molecule has 1 aliphatic carbocycles. The van der Waals surface area contributed by atoms with Crippen LogP contribution in [0, 0.1) is 0 Å². The van der Waals surface area contributed by atoms with Crippen molar-refractivity contribution in [3.05, 3.63) is 120 Å². The van der Waals surface area contributed by atoms with Crippen molar-refractivity contribution in [1.82, 2.24) is 19.5 Å². The molecule has 228 valence electrons. The molecule has 1 unspecified atom stereocenters. The summed E-state index contributed by atoms with van der Waals surface area (Å²) in [6, 6.07) is 30.4. The van der Waals surface area contributed by atoms with E-state index in [-0.39, 0.29) is 19.3 Å². The summed E-state index contributed by atoms with van der Waals surface area (Å²) < 4.78 is 26.0. The third-order valence-electron chi connectivity index (χ3n) is 8.09. The number of aromatic nitrogens is 4. The summed E-state index contributed by atoms with van der Waals surface area (Å²) in [5, 5.41) is 3.49. The number of nitrogens with one attached hydrogen (secondary N) is 1. The van der Waals surface area contributed by atoms with Crippen LogP contribution in [0.1, 0.15) is 48.4 Å². The van der Waals surface area contributed by atoms with E-state index in [4.69, 9.17) is 14.5 Å². The predicted octanol–water partition coefficient (Wildman–Crippen LogP) is 5.88. The first-order valence-electron chi connectivity index (χ1n) is 14.8. The smallest absolute Gasteiger partial charge is 0.350 e. The summed E-state index contributed by atoms with van der Waals surface area (Å²) in [7, 11) is -4.31. The molecule has 0 aliphatic heterocycles. The maximum atomic E-state index is 11.5. The fourth-order valence-corrected chi connectivity index (χ4v) is 6.03. The van der Waals surface area contributed by atoms with Crippen LogP contribution < -0.4 is 5.32 Å². The van der Waals surface area contributed by atoms with Crippen LogP contribution in [0.3, 0.4) is 0 Å². The lowest BCUT2D eigenvalue weighted by Gasteiger charge is -2.37. The van der Waals surface area contributed by atoms with Crippen molar-refractivity contribution in [2.45, 2.75) is 43.4 Å². The van der Waals surface area contributed by atoms with Gasteiger partial charge in [0.2, 0.25) is 0 Å². The standard InChI is InChI=1S/C33H36N5O5P/c39-44(40,41)24-42-20-19-29(38-23-36-30-31(34-22-35-32(30)38)37-28-17-10-18-28)21-43-33(25-11-4-1-5-12-25,26-13-6-2-7-14-26)27-15-8-3-9-16-27/h1-9,11-16,22-23,28-29H,10,17-21,24H2,(H,34,35,37)(H2,39,40,41). The van der Waals surface area contributed by atoms with Gasteiger partial charge in [-0.15, -0.1) is 0 Å². The maximum absolute atomic E-state index is 11.5. The highest BCUT2D eigenvalue weighted by Gasteiger charge is 2.38. The summed E-state index contributed by atoms with van der Waals surface area (Å²) in [6.45, 7) is 0.324. The van der Waals surface area contributed by atoms with Crippen molar-refractivity contribution in [2.75, 3.05) is 24.9 Å². The summed E-state index contributed by atoms with van der Waals surface area (Å²) in [6.07, 6.45) is 6.41. The van der Waals surface area contributed by atoms with Crippen LogP contribution in [-0.2, 0) is 19.6 Å². The van der Waals surface area contributed by atoms with Crippen LogP contribution in [0.2, 0.25) is 0 Å². The number of ether oxygens (including phenoxy) is 2. The van der Waals surface area contributed by atoms with E-state index in [1.54, 1.807) is 6.33 Å². The van der Waals surface area contributed by atoms with Crippen molar-refractivity contribution in [2.24, 2.45) is 0 Å². The molecular formula is C33H36N5O5P. The molecule has 3 N–H and O–H groups in total. The predicted molar refractivity (Wildman–Crippen MR) is 168 cm³/mol. The van der Waals surface area contributed by atoms with Gasteiger partial charge in [0.1, 0.15) is 23.8 Å². The lowest BCUT2D eigenvalue weighted by Crippen LogP contribution is -2.35. The van der Waals surface area contributed by atoms with Crippen LogP contribution in [-0.4, -0.2) is 54.9 Å². The zero-order valence-corrected chi connectivity index (χ0v) is 25.2. The average molecular weight is 614 g/mol. The normalized spacial score (nSPS) is 14.8. The van der Waals surface area contributed by atoms with Gasteiger partial charge >= 0.3 is 7.60 Å². The minimum Gasteiger partial charge on any atom is -0.369 e. The fraction of sp³-hybridized carbons (Fsp3) is 0.303. The van der Waals surface area contributed by atoms with Gasteiger partial charge in [0.15, 0.2) is 11.5 Å². The third-order valence-corrected chi connectivity index (χ3v) is 8.61. The lowest BCUT2D eigenvalue weighted by molar-refractivity contribution is -0.0107. The summed E-state index contributed by atoms with van der Waals surface area (Å²) in [5.74, 6) is 0.697. The van der Waals surface area contributed by atoms with Crippen LogP contribution in [0.5, 0.6) is 0 Å². The maximum Gasteiger partial charge on any atom is 0.350 e. The SMILES string of the molecule is O=P(O)(O)COCCC(COC(c1ccccc1)(c1ccccc1)c1ccccc1)n1cnc2c(NC3CCC3)ncnc21. The van der Waals surface area contributed by atoms with Crippen LogP contribution in [0.4, 0.5) is 5.82 Å². The second kappa shape index (κ2) is 13.4. The molecule has 0 radical (unpaired) electrons. The molecule has 2 aromatic heterocycles. The molecule has 10 nitrogen and oxygen atoms in total. The van der Waals surface area contributed by atoms with Gasteiger partial charge < -0.3 is 29.1 Å². The Bertz CT molecular complexity index is 1600. The van der Waals surface area contributed by atoms with E-state index in [2.05, 4.69) is 51.7 Å². The van der Waals surface area contributed by atoms with E-state index in [9.17, 15) is 14.4 Å². The number of hydrogen-bond acceptors (Lipinski definition) is 7. The molecule has 0 amide bonds. The molecular weight excluding hydrogens is 577 g/mol. The topological polar surface area (TPSA) is 132 Å². The number of nitrogens with zero attached hydrogens (tertiary/aromatic N) is 4. The summed E-state index contributed by atoms with van der Waals surface area (Å²) in [4.78, 5) is 32.4. The molecule has 1 fully saturated rings. The fourth-order valence-electron chi connectivity index (χ4n) is 5.67. The molecule has 1 saturated carbocycles. The zero-order valence-electron chi connectivity index (χ0n) is 24.3. The van der Waals surface area contributed by atoms with E-state index >= 15 is 0 Å². The number of benzene rings is 3. The Labute approximate surface area is 256 Å².